The molecule has 4 aromatic rings. The molecule has 1 aliphatic rings. The maximum atomic E-state index is 5.58. The summed E-state index contributed by atoms with van der Waals surface area (Å²) in [6.07, 6.45) is 5.67. The zero-order chi connectivity index (χ0) is 22.8. The number of benzene rings is 2. The second-order valence-electron chi connectivity index (χ2n) is 8.27. The third kappa shape index (κ3) is 4.12. The number of rotatable bonds is 6. The van der Waals surface area contributed by atoms with E-state index in [-0.39, 0.29) is 0 Å². The van der Waals surface area contributed by atoms with E-state index in [1.807, 2.05) is 18.2 Å². The summed E-state index contributed by atoms with van der Waals surface area (Å²) >= 11 is 0. The number of methoxy groups -OCH3 is 2. The maximum absolute atomic E-state index is 5.58. The van der Waals surface area contributed by atoms with E-state index in [4.69, 9.17) is 19.2 Å². The minimum Gasteiger partial charge on any atom is -0.493 e. The van der Waals surface area contributed by atoms with E-state index in [2.05, 4.69) is 52.3 Å². The Morgan fingerprint density at radius 1 is 1.00 bits per heavy atom. The summed E-state index contributed by atoms with van der Waals surface area (Å²) in [5.74, 6) is 2.21. The first-order valence-corrected chi connectivity index (χ1v) is 11.2. The molecule has 1 aliphatic heterocycles. The molecule has 7 heteroatoms. The van der Waals surface area contributed by atoms with Crippen LogP contribution in [0.2, 0.25) is 0 Å². The highest BCUT2D eigenvalue weighted by Crippen LogP contribution is 2.39. The monoisotopic (exact) mass is 444 g/mol. The van der Waals surface area contributed by atoms with Gasteiger partial charge in [-0.05, 0) is 55.2 Å². The molecule has 0 radical (unpaired) electrons. The van der Waals surface area contributed by atoms with Crippen molar-refractivity contribution in [1.82, 2.24) is 14.5 Å². The average molecular weight is 445 g/mol. The maximum Gasteiger partial charge on any atom is 0.161 e. The largest absolute Gasteiger partial charge is 0.493 e. The lowest BCUT2D eigenvalue weighted by Crippen LogP contribution is -2.28. The van der Waals surface area contributed by atoms with E-state index < -0.39 is 0 Å². The van der Waals surface area contributed by atoms with Gasteiger partial charge in [-0.15, -0.1) is 0 Å². The van der Waals surface area contributed by atoms with Crippen molar-refractivity contribution >= 4 is 16.9 Å². The van der Waals surface area contributed by atoms with Crippen LogP contribution in [0.15, 0.2) is 55.0 Å². The van der Waals surface area contributed by atoms with Gasteiger partial charge in [-0.3, -0.25) is 0 Å². The minimum absolute atomic E-state index is 0.317. The molecule has 2 aromatic heterocycles. The SMILES string of the molecule is COc1ccc(-c2cn(-c3cccc(C)c3)c3ncnc(NC4CCOCC4)c23)cc1OC. The Morgan fingerprint density at radius 2 is 1.82 bits per heavy atom. The van der Waals surface area contributed by atoms with Gasteiger partial charge < -0.3 is 24.1 Å². The number of nitrogens with one attached hydrogen (secondary N) is 1. The van der Waals surface area contributed by atoms with Gasteiger partial charge in [-0.2, -0.15) is 0 Å². The fourth-order valence-corrected chi connectivity index (χ4v) is 4.40. The molecule has 5 rings (SSSR count). The van der Waals surface area contributed by atoms with Gasteiger partial charge >= 0.3 is 0 Å². The zero-order valence-electron chi connectivity index (χ0n) is 19.2. The number of anilines is 1. The van der Waals surface area contributed by atoms with Crippen molar-refractivity contribution in [2.45, 2.75) is 25.8 Å². The van der Waals surface area contributed by atoms with Crippen LogP contribution >= 0.6 is 0 Å². The normalized spacial score (nSPS) is 14.4. The highest BCUT2D eigenvalue weighted by molar-refractivity contribution is 6.02. The topological polar surface area (TPSA) is 70.4 Å². The van der Waals surface area contributed by atoms with E-state index in [0.29, 0.717) is 17.5 Å². The summed E-state index contributed by atoms with van der Waals surface area (Å²) in [4.78, 5) is 9.35. The van der Waals surface area contributed by atoms with Crippen molar-refractivity contribution in [1.29, 1.82) is 0 Å². The molecule has 3 heterocycles. The summed E-state index contributed by atoms with van der Waals surface area (Å²) < 4.78 is 18.7. The number of fused-ring (bicyclic) bond motifs is 1. The second kappa shape index (κ2) is 9.11. The van der Waals surface area contributed by atoms with Crippen molar-refractivity contribution in [3.05, 3.63) is 60.6 Å². The second-order valence-corrected chi connectivity index (χ2v) is 8.27. The Bertz CT molecular complexity index is 1280. The van der Waals surface area contributed by atoms with Crippen LogP contribution in [-0.2, 0) is 4.74 Å². The van der Waals surface area contributed by atoms with E-state index >= 15 is 0 Å². The van der Waals surface area contributed by atoms with Crippen LogP contribution < -0.4 is 14.8 Å². The molecule has 1 N–H and O–H groups in total. The van der Waals surface area contributed by atoms with Crippen LogP contribution in [0.5, 0.6) is 11.5 Å². The number of nitrogens with zero attached hydrogens (tertiary/aromatic N) is 3. The quantitative estimate of drug-likeness (QED) is 0.451. The third-order valence-electron chi connectivity index (χ3n) is 6.12. The molecule has 2 aromatic carbocycles. The Balaban J connectivity index is 1.71. The molecule has 33 heavy (non-hydrogen) atoms. The first-order chi connectivity index (χ1) is 16.2. The van der Waals surface area contributed by atoms with Gasteiger partial charge in [-0.1, -0.05) is 18.2 Å². The first-order valence-electron chi connectivity index (χ1n) is 11.2. The van der Waals surface area contributed by atoms with Crippen LogP contribution in [0, 0.1) is 6.92 Å². The summed E-state index contributed by atoms with van der Waals surface area (Å²) in [6, 6.07) is 14.7. The lowest BCUT2D eigenvalue weighted by atomic mass is 10.0. The fourth-order valence-electron chi connectivity index (χ4n) is 4.40. The van der Waals surface area contributed by atoms with Gasteiger partial charge in [0.25, 0.3) is 0 Å². The molecule has 0 spiro atoms. The lowest BCUT2D eigenvalue weighted by molar-refractivity contribution is 0.0904. The van der Waals surface area contributed by atoms with Crippen LogP contribution in [0.4, 0.5) is 5.82 Å². The van der Waals surface area contributed by atoms with Crippen LogP contribution in [0.1, 0.15) is 18.4 Å². The number of aryl methyl sites for hydroxylation is 1. The highest BCUT2D eigenvalue weighted by atomic mass is 16.5. The number of hydrogen-bond donors (Lipinski definition) is 1. The molecule has 7 nitrogen and oxygen atoms in total. The standard InChI is InChI=1S/C26H28N4O3/c1-17-5-4-6-20(13-17)30-15-21(18-7-8-22(31-2)23(14-18)32-3)24-25(27-16-28-26(24)30)29-19-9-11-33-12-10-19/h4-8,13-16,19H,9-12H2,1-3H3,(H,27,28,29). The predicted molar refractivity (Wildman–Crippen MR) is 130 cm³/mol. The number of aromatic nitrogens is 3. The predicted octanol–water partition coefficient (Wildman–Crippen LogP) is 5.00. The van der Waals surface area contributed by atoms with Crippen LogP contribution in [-0.4, -0.2) is 48.0 Å². The van der Waals surface area contributed by atoms with Crippen LogP contribution in [0.25, 0.3) is 27.8 Å². The van der Waals surface area contributed by atoms with Crippen molar-refractivity contribution in [2.75, 3.05) is 32.8 Å². The molecule has 0 amide bonds. The average Bonchev–Trinajstić information content (AvgIpc) is 3.25. The van der Waals surface area contributed by atoms with Gasteiger partial charge in [0.1, 0.15) is 12.1 Å². The van der Waals surface area contributed by atoms with Crippen molar-refractivity contribution in [3.8, 4) is 28.3 Å². The molecule has 0 bridgehead atoms. The summed E-state index contributed by atoms with van der Waals surface area (Å²) in [5, 5.41) is 4.64. The zero-order valence-corrected chi connectivity index (χ0v) is 19.2. The van der Waals surface area contributed by atoms with E-state index in [1.165, 1.54) is 5.56 Å². The molecule has 170 valence electrons. The highest BCUT2D eigenvalue weighted by Gasteiger charge is 2.21. The first kappa shape index (κ1) is 21.3. The molecular formula is C26H28N4O3. The van der Waals surface area contributed by atoms with E-state index in [1.54, 1.807) is 20.5 Å². The Hall–Kier alpha value is -3.58. The number of ether oxygens (including phenoxy) is 3. The van der Waals surface area contributed by atoms with Gasteiger partial charge in [0.05, 0.1) is 19.6 Å². The smallest absolute Gasteiger partial charge is 0.161 e. The minimum atomic E-state index is 0.317. The Morgan fingerprint density at radius 3 is 2.58 bits per heavy atom. The van der Waals surface area contributed by atoms with Gasteiger partial charge in [0.2, 0.25) is 0 Å². The van der Waals surface area contributed by atoms with Gasteiger partial charge in [0.15, 0.2) is 17.1 Å². The van der Waals surface area contributed by atoms with Gasteiger partial charge in [-0.25, -0.2) is 9.97 Å². The molecule has 1 fully saturated rings. The summed E-state index contributed by atoms with van der Waals surface area (Å²) in [6.45, 7) is 3.62. The van der Waals surface area contributed by atoms with Crippen LogP contribution in [0.3, 0.4) is 0 Å². The molecule has 0 aliphatic carbocycles. The molecule has 0 unspecified atom stereocenters. The lowest BCUT2D eigenvalue weighted by Gasteiger charge is -2.24. The van der Waals surface area contributed by atoms with Crippen molar-refractivity contribution < 1.29 is 14.2 Å². The summed E-state index contributed by atoms with van der Waals surface area (Å²) in [7, 11) is 3.30. The van der Waals surface area contributed by atoms with E-state index in [9.17, 15) is 0 Å². The summed E-state index contributed by atoms with van der Waals surface area (Å²) in [5.41, 5.74) is 5.14. The molecular weight excluding hydrogens is 416 g/mol. The molecule has 0 atom stereocenters. The van der Waals surface area contributed by atoms with Gasteiger partial charge in [0, 0.05) is 36.7 Å². The fraction of sp³-hybridized carbons (Fsp3) is 0.308. The number of hydrogen-bond acceptors (Lipinski definition) is 6. The molecule has 0 saturated carbocycles. The Labute approximate surface area is 193 Å². The molecule has 1 saturated heterocycles. The Kier molecular flexibility index (Phi) is 5.88. The van der Waals surface area contributed by atoms with E-state index in [0.717, 1.165) is 59.7 Å². The third-order valence-corrected chi connectivity index (χ3v) is 6.12. The van der Waals surface area contributed by atoms with Crippen molar-refractivity contribution in [2.24, 2.45) is 0 Å². The van der Waals surface area contributed by atoms with Crippen molar-refractivity contribution in [3.63, 3.8) is 0 Å².